The van der Waals surface area contributed by atoms with Crippen molar-refractivity contribution in [1.29, 1.82) is 0 Å². The number of aromatic nitrogens is 1. The lowest BCUT2D eigenvalue weighted by Crippen LogP contribution is -2.22. The van der Waals surface area contributed by atoms with Crippen LogP contribution >= 0.6 is 0 Å². The van der Waals surface area contributed by atoms with Gasteiger partial charge < -0.3 is 10.4 Å². The summed E-state index contributed by atoms with van der Waals surface area (Å²) in [6.45, 7) is 0.364. The topological polar surface area (TPSA) is 79.3 Å². The molecule has 0 saturated heterocycles. The van der Waals surface area contributed by atoms with Crippen LogP contribution in [0.25, 0.3) is 6.08 Å². The molecule has 1 amide bonds. The van der Waals surface area contributed by atoms with Gasteiger partial charge in [-0.1, -0.05) is 6.07 Å². The number of rotatable bonds is 6. The van der Waals surface area contributed by atoms with Crippen LogP contribution in [0.3, 0.4) is 0 Å². The molecule has 1 heterocycles. The molecule has 0 atom stereocenters. The lowest BCUT2D eigenvalue weighted by molar-refractivity contribution is -0.137. The van der Waals surface area contributed by atoms with E-state index >= 15 is 0 Å². The minimum absolute atomic E-state index is 0.0621. The second-order valence-corrected chi connectivity index (χ2v) is 3.41. The van der Waals surface area contributed by atoms with Crippen LogP contribution in [0, 0.1) is 0 Å². The number of hydrogen-bond acceptors (Lipinski definition) is 3. The molecule has 1 aromatic heterocycles. The largest absolute Gasteiger partial charge is 0.481 e. The molecule has 5 nitrogen and oxygen atoms in total. The Labute approximate surface area is 99.2 Å². The molecule has 1 rings (SSSR count). The van der Waals surface area contributed by atoms with Gasteiger partial charge in [-0.05, 0) is 24.1 Å². The summed E-state index contributed by atoms with van der Waals surface area (Å²) in [7, 11) is 0. The highest BCUT2D eigenvalue weighted by Crippen LogP contribution is 1.97. The van der Waals surface area contributed by atoms with Crippen molar-refractivity contribution in [3.63, 3.8) is 0 Å². The fourth-order valence-corrected chi connectivity index (χ4v) is 1.16. The maximum Gasteiger partial charge on any atom is 0.303 e. The molecule has 0 saturated carbocycles. The second kappa shape index (κ2) is 7.16. The van der Waals surface area contributed by atoms with Crippen molar-refractivity contribution in [2.75, 3.05) is 6.54 Å². The van der Waals surface area contributed by atoms with Crippen LogP contribution in [0.15, 0.2) is 30.6 Å². The third kappa shape index (κ3) is 6.09. The molecule has 0 bridgehead atoms. The molecule has 0 spiro atoms. The predicted octanol–water partition coefficient (Wildman–Crippen LogP) is 1.08. The summed E-state index contributed by atoms with van der Waals surface area (Å²) < 4.78 is 0. The van der Waals surface area contributed by atoms with Crippen LogP contribution < -0.4 is 5.32 Å². The standard InChI is InChI=1S/C12H14N2O3/c15-11(14-8-2-4-12(16)17)6-5-10-3-1-7-13-9-10/h1,3,5-7,9H,2,4,8H2,(H,14,15)(H,16,17)/b6-5+. The summed E-state index contributed by atoms with van der Waals surface area (Å²) in [4.78, 5) is 25.4. The van der Waals surface area contributed by atoms with Crippen molar-refractivity contribution in [2.24, 2.45) is 0 Å². The highest BCUT2D eigenvalue weighted by molar-refractivity contribution is 5.91. The molecule has 17 heavy (non-hydrogen) atoms. The highest BCUT2D eigenvalue weighted by atomic mass is 16.4. The van der Waals surface area contributed by atoms with Gasteiger partial charge in [0.1, 0.15) is 0 Å². The Balaban J connectivity index is 2.25. The smallest absolute Gasteiger partial charge is 0.303 e. The van der Waals surface area contributed by atoms with Crippen LogP contribution in [-0.4, -0.2) is 28.5 Å². The van der Waals surface area contributed by atoms with Crippen molar-refractivity contribution < 1.29 is 14.7 Å². The number of carbonyl (C=O) groups excluding carboxylic acids is 1. The predicted molar refractivity (Wildman–Crippen MR) is 63.2 cm³/mol. The maximum absolute atomic E-state index is 11.3. The molecule has 90 valence electrons. The molecular weight excluding hydrogens is 220 g/mol. The lowest BCUT2D eigenvalue weighted by Gasteiger charge is -1.99. The zero-order chi connectivity index (χ0) is 12.5. The number of hydrogen-bond donors (Lipinski definition) is 2. The van der Waals surface area contributed by atoms with Crippen LogP contribution in [0.4, 0.5) is 0 Å². The first-order chi connectivity index (χ1) is 8.18. The monoisotopic (exact) mass is 234 g/mol. The molecular formula is C12H14N2O3. The Morgan fingerprint density at radius 3 is 2.94 bits per heavy atom. The summed E-state index contributed by atoms with van der Waals surface area (Å²) in [6.07, 6.45) is 6.85. The van der Waals surface area contributed by atoms with Gasteiger partial charge in [-0.2, -0.15) is 0 Å². The lowest BCUT2D eigenvalue weighted by atomic mass is 10.2. The van der Waals surface area contributed by atoms with Crippen LogP contribution in [-0.2, 0) is 9.59 Å². The molecule has 0 aliphatic carbocycles. The van der Waals surface area contributed by atoms with Gasteiger partial charge in [0, 0.05) is 31.4 Å². The molecule has 0 radical (unpaired) electrons. The van der Waals surface area contributed by atoms with Gasteiger partial charge in [0.15, 0.2) is 0 Å². The van der Waals surface area contributed by atoms with Crippen LogP contribution in [0.5, 0.6) is 0 Å². The number of nitrogens with zero attached hydrogens (tertiary/aromatic N) is 1. The molecule has 5 heteroatoms. The van der Waals surface area contributed by atoms with Crippen molar-refractivity contribution in [2.45, 2.75) is 12.8 Å². The van der Waals surface area contributed by atoms with Gasteiger partial charge in [-0.3, -0.25) is 14.6 Å². The summed E-state index contributed by atoms with van der Waals surface area (Å²) in [5.74, 6) is -1.09. The van der Waals surface area contributed by atoms with E-state index in [1.165, 1.54) is 6.08 Å². The average molecular weight is 234 g/mol. The van der Waals surface area contributed by atoms with Crippen LogP contribution in [0.2, 0.25) is 0 Å². The molecule has 0 aliphatic rings. The van der Waals surface area contributed by atoms with E-state index < -0.39 is 5.97 Å². The first kappa shape index (κ1) is 12.9. The zero-order valence-corrected chi connectivity index (χ0v) is 9.30. The fraction of sp³-hybridized carbons (Fsp3) is 0.250. The maximum atomic E-state index is 11.3. The number of carboxylic acid groups (broad SMARTS) is 1. The number of aliphatic carboxylic acids is 1. The first-order valence-corrected chi connectivity index (χ1v) is 5.26. The normalized spacial score (nSPS) is 10.4. The van der Waals surface area contributed by atoms with Crippen molar-refractivity contribution in [3.8, 4) is 0 Å². The summed E-state index contributed by atoms with van der Waals surface area (Å²) in [5.41, 5.74) is 0.841. The van der Waals surface area contributed by atoms with Crippen molar-refractivity contribution in [1.82, 2.24) is 10.3 Å². The average Bonchev–Trinajstić information content (AvgIpc) is 2.33. The van der Waals surface area contributed by atoms with E-state index in [9.17, 15) is 9.59 Å². The van der Waals surface area contributed by atoms with E-state index in [4.69, 9.17) is 5.11 Å². The van der Waals surface area contributed by atoms with E-state index in [0.29, 0.717) is 13.0 Å². The number of pyridine rings is 1. The molecule has 2 N–H and O–H groups in total. The van der Waals surface area contributed by atoms with Crippen LogP contribution in [0.1, 0.15) is 18.4 Å². The molecule has 1 aromatic rings. The molecule has 0 aromatic carbocycles. The van der Waals surface area contributed by atoms with Gasteiger partial charge in [-0.15, -0.1) is 0 Å². The number of carboxylic acids is 1. The summed E-state index contributed by atoms with van der Waals surface area (Å²) in [6, 6.07) is 3.62. The van der Waals surface area contributed by atoms with Crippen molar-refractivity contribution in [3.05, 3.63) is 36.2 Å². The number of carbonyl (C=O) groups is 2. The minimum atomic E-state index is -0.856. The van der Waals surface area contributed by atoms with Gasteiger partial charge in [0.2, 0.25) is 5.91 Å². The molecule has 0 aliphatic heterocycles. The van der Waals surface area contributed by atoms with E-state index in [1.54, 1.807) is 24.5 Å². The Kier molecular flexibility index (Phi) is 5.43. The van der Waals surface area contributed by atoms with E-state index in [1.807, 2.05) is 6.07 Å². The second-order valence-electron chi connectivity index (χ2n) is 3.41. The Bertz CT molecular complexity index is 401. The SMILES string of the molecule is O=C(O)CCCNC(=O)/C=C/c1cccnc1. The van der Waals surface area contributed by atoms with Gasteiger partial charge in [-0.25, -0.2) is 0 Å². The Morgan fingerprint density at radius 2 is 2.29 bits per heavy atom. The highest BCUT2D eigenvalue weighted by Gasteiger charge is 1.98. The quantitative estimate of drug-likeness (QED) is 0.570. The first-order valence-electron chi connectivity index (χ1n) is 5.26. The zero-order valence-electron chi connectivity index (χ0n) is 9.30. The van der Waals surface area contributed by atoms with Gasteiger partial charge in [0.05, 0.1) is 0 Å². The third-order valence-electron chi connectivity index (χ3n) is 1.98. The van der Waals surface area contributed by atoms with Gasteiger partial charge in [0.25, 0.3) is 0 Å². The van der Waals surface area contributed by atoms with E-state index in [2.05, 4.69) is 10.3 Å². The summed E-state index contributed by atoms with van der Waals surface area (Å²) >= 11 is 0. The number of nitrogens with one attached hydrogen (secondary N) is 1. The third-order valence-corrected chi connectivity index (χ3v) is 1.98. The number of amides is 1. The van der Waals surface area contributed by atoms with E-state index in [-0.39, 0.29) is 12.3 Å². The fourth-order valence-electron chi connectivity index (χ4n) is 1.16. The Morgan fingerprint density at radius 1 is 1.47 bits per heavy atom. The van der Waals surface area contributed by atoms with E-state index in [0.717, 1.165) is 5.56 Å². The van der Waals surface area contributed by atoms with Gasteiger partial charge >= 0.3 is 5.97 Å². The molecule has 0 unspecified atom stereocenters. The minimum Gasteiger partial charge on any atom is -0.481 e. The van der Waals surface area contributed by atoms with Crippen molar-refractivity contribution >= 4 is 18.0 Å². The Hall–Kier alpha value is -2.17. The molecule has 0 fully saturated rings. The summed E-state index contributed by atoms with van der Waals surface area (Å²) in [5, 5.41) is 11.0.